The summed E-state index contributed by atoms with van der Waals surface area (Å²) < 4.78 is 0.827. The van der Waals surface area contributed by atoms with Crippen LogP contribution >= 0.6 is 11.3 Å². The molecule has 2 aromatic heterocycles. The van der Waals surface area contributed by atoms with Crippen molar-refractivity contribution < 1.29 is 9.72 Å². The number of nitro groups is 1. The molecule has 2 rings (SSSR count). The topological polar surface area (TPSA) is 115 Å². The van der Waals surface area contributed by atoms with Gasteiger partial charge in [-0.05, 0) is 18.6 Å². The second-order valence-electron chi connectivity index (χ2n) is 4.20. The van der Waals surface area contributed by atoms with Gasteiger partial charge in [-0.1, -0.05) is 6.92 Å². The SMILES string of the molecule is CCc1ccc(C(=O)Cn2cc([N+](=O)[O-])c(=O)[nH]c2=O)s1. The summed E-state index contributed by atoms with van der Waals surface area (Å²) in [5, 5.41) is 10.7. The predicted molar refractivity (Wildman–Crippen MR) is 76.0 cm³/mol. The van der Waals surface area contributed by atoms with Gasteiger partial charge in [-0.3, -0.25) is 29.3 Å². The third-order valence-corrected chi connectivity index (χ3v) is 4.06. The summed E-state index contributed by atoms with van der Waals surface area (Å²) >= 11 is 1.31. The summed E-state index contributed by atoms with van der Waals surface area (Å²) in [4.78, 5) is 47.9. The van der Waals surface area contributed by atoms with Gasteiger partial charge in [-0.25, -0.2) is 4.79 Å². The molecule has 0 radical (unpaired) electrons. The second-order valence-corrected chi connectivity index (χ2v) is 5.37. The quantitative estimate of drug-likeness (QED) is 0.501. The number of rotatable bonds is 5. The van der Waals surface area contributed by atoms with Crippen molar-refractivity contribution in [2.24, 2.45) is 0 Å². The van der Waals surface area contributed by atoms with Gasteiger partial charge in [0.1, 0.15) is 0 Å². The summed E-state index contributed by atoms with van der Waals surface area (Å²) in [6.07, 6.45) is 1.58. The monoisotopic (exact) mass is 309 g/mol. The van der Waals surface area contributed by atoms with E-state index in [1.54, 1.807) is 6.07 Å². The Morgan fingerprint density at radius 1 is 1.43 bits per heavy atom. The highest BCUT2D eigenvalue weighted by molar-refractivity contribution is 7.14. The first kappa shape index (κ1) is 14.9. The molecule has 21 heavy (non-hydrogen) atoms. The molecule has 110 valence electrons. The van der Waals surface area contributed by atoms with Crippen LogP contribution in [0.4, 0.5) is 5.69 Å². The molecule has 0 aliphatic rings. The van der Waals surface area contributed by atoms with E-state index in [2.05, 4.69) is 0 Å². The van der Waals surface area contributed by atoms with E-state index in [9.17, 15) is 24.5 Å². The van der Waals surface area contributed by atoms with Crippen LogP contribution in [0.5, 0.6) is 0 Å². The molecule has 0 spiro atoms. The van der Waals surface area contributed by atoms with Gasteiger partial charge >= 0.3 is 16.9 Å². The van der Waals surface area contributed by atoms with Crippen molar-refractivity contribution in [3.8, 4) is 0 Å². The number of nitrogens with one attached hydrogen (secondary N) is 1. The highest BCUT2D eigenvalue weighted by Crippen LogP contribution is 2.17. The maximum atomic E-state index is 12.1. The number of carbonyl (C=O) groups is 1. The Kier molecular flexibility index (Phi) is 4.13. The Morgan fingerprint density at radius 3 is 2.71 bits per heavy atom. The number of ketones is 1. The third-order valence-electron chi connectivity index (χ3n) is 2.79. The van der Waals surface area contributed by atoms with Crippen molar-refractivity contribution in [2.75, 3.05) is 0 Å². The van der Waals surface area contributed by atoms with E-state index < -0.39 is 21.9 Å². The molecular formula is C12H11N3O5S. The molecule has 2 aromatic rings. The molecule has 0 saturated heterocycles. The molecule has 0 aliphatic carbocycles. The predicted octanol–water partition coefficient (Wildman–Crippen LogP) is 0.952. The number of hydrogen-bond donors (Lipinski definition) is 1. The van der Waals surface area contributed by atoms with Crippen molar-refractivity contribution in [1.29, 1.82) is 0 Å². The lowest BCUT2D eigenvalue weighted by atomic mass is 10.3. The number of H-pyrrole nitrogens is 1. The zero-order valence-corrected chi connectivity index (χ0v) is 11.8. The second kappa shape index (κ2) is 5.83. The van der Waals surface area contributed by atoms with Crippen LogP contribution in [0, 0.1) is 10.1 Å². The van der Waals surface area contributed by atoms with Gasteiger partial charge < -0.3 is 0 Å². The minimum atomic E-state index is -1.09. The minimum Gasteiger partial charge on any atom is -0.291 e. The van der Waals surface area contributed by atoms with Gasteiger partial charge in [0.2, 0.25) is 0 Å². The summed E-state index contributed by atoms with van der Waals surface area (Å²) in [5.41, 5.74) is -2.72. The zero-order valence-electron chi connectivity index (χ0n) is 11.0. The Bertz CT molecular complexity index is 817. The van der Waals surface area contributed by atoms with Gasteiger partial charge in [0.25, 0.3) is 0 Å². The summed E-state index contributed by atoms with van der Waals surface area (Å²) in [5.74, 6) is -0.344. The van der Waals surface area contributed by atoms with Gasteiger partial charge in [-0.15, -0.1) is 11.3 Å². The average molecular weight is 309 g/mol. The van der Waals surface area contributed by atoms with Crippen molar-refractivity contribution in [2.45, 2.75) is 19.9 Å². The zero-order chi connectivity index (χ0) is 15.6. The van der Waals surface area contributed by atoms with Gasteiger partial charge in [0.15, 0.2) is 5.78 Å². The van der Waals surface area contributed by atoms with E-state index in [0.29, 0.717) is 4.88 Å². The summed E-state index contributed by atoms with van der Waals surface area (Å²) in [7, 11) is 0. The van der Waals surface area contributed by atoms with E-state index in [1.807, 2.05) is 18.0 Å². The standard InChI is InChI=1S/C12H11N3O5S/c1-2-7-3-4-10(21-7)9(16)6-14-5-8(15(19)20)11(17)13-12(14)18/h3-5H,2,6H2,1H3,(H,13,17,18). The molecule has 9 heteroatoms. The van der Waals surface area contributed by atoms with E-state index in [1.165, 1.54) is 11.3 Å². The smallest absolute Gasteiger partial charge is 0.291 e. The van der Waals surface area contributed by atoms with Gasteiger partial charge in [0.05, 0.1) is 22.5 Å². The Hall–Kier alpha value is -2.55. The molecule has 0 bridgehead atoms. The van der Waals surface area contributed by atoms with Crippen LogP contribution in [0.15, 0.2) is 27.9 Å². The molecule has 0 fully saturated rings. The fourth-order valence-electron chi connectivity index (χ4n) is 1.70. The lowest BCUT2D eigenvalue weighted by Gasteiger charge is -2.02. The number of Topliss-reactive ketones (excluding diaryl/α,β-unsaturated/α-hetero) is 1. The van der Waals surface area contributed by atoms with Crippen molar-refractivity contribution in [1.82, 2.24) is 9.55 Å². The van der Waals surface area contributed by atoms with Crippen LogP contribution in [-0.2, 0) is 13.0 Å². The largest absolute Gasteiger partial charge is 0.350 e. The van der Waals surface area contributed by atoms with Crippen molar-refractivity contribution in [3.05, 3.63) is 59.0 Å². The Morgan fingerprint density at radius 2 is 2.14 bits per heavy atom. The molecule has 2 heterocycles. The third kappa shape index (κ3) is 3.14. The van der Waals surface area contributed by atoms with Gasteiger partial charge in [0, 0.05) is 4.88 Å². The molecule has 0 amide bonds. The number of carbonyl (C=O) groups excluding carboxylic acids is 1. The molecule has 8 nitrogen and oxygen atoms in total. The normalized spacial score (nSPS) is 10.5. The highest BCUT2D eigenvalue weighted by atomic mass is 32.1. The van der Waals surface area contributed by atoms with Gasteiger partial charge in [-0.2, -0.15) is 0 Å². The molecular weight excluding hydrogens is 298 g/mol. The highest BCUT2D eigenvalue weighted by Gasteiger charge is 2.17. The summed E-state index contributed by atoms with van der Waals surface area (Å²) in [6.45, 7) is 1.59. The maximum Gasteiger partial charge on any atom is 0.350 e. The molecule has 0 aliphatic heterocycles. The molecule has 0 aromatic carbocycles. The van der Waals surface area contributed by atoms with Crippen LogP contribution in [0.2, 0.25) is 0 Å². The first-order valence-electron chi connectivity index (χ1n) is 6.02. The van der Waals surface area contributed by atoms with Crippen molar-refractivity contribution in [3.63, 3.8) is 0 Å². The van der Waals surface area contributed by atoms with E-state index in [0.717, 1.165) is 22.1 Å². The fraction of sp³-hybridized carbons (Fsp3) is 0.250. The van der Waals surface area contributed by atoms with Crippen LogP contribution in [0.25, 0.3) is 0 Å². The van der Waals surface area contributed by atoms with Crippen LogP contribution < -0.4 is 11.2 Å². The van der Waals surface area contributed by atoms with E-state index >= 15 is 0 Å². The van der Waals surface area contributed by atoms with Crippen LogP contribution in [-0.4, -0.2) is 20.3 Å². The van der Waals surface area contributed by atoms with Crippen molar-refractivity contribution >= 4 is 22.8 Å². The number of hydrogen-bond acceptors (Lipinski definition) is 6. The first-order valence-corrected chi connectivity index (χ1v) is 6.84. The molecule has 1 N–H and O–H groups in total. The molecule has 0 atom stereocenters. The average Bonchev–Trinajstić information content (AvgIpc) is 2.90. The van der Waals surface area contributed by atoms with Crippen LogP contribution in [0.3, 0.4) is 0 Å². The van der Waals surface area contributed by atoms with E-state index in [-0.39, 0.29) is 12.3 Å². The maximum absolute atomic E-state index is 12.1. The number of aryl methyl sites for hydroxylation is 1. The molecule has 0 saturated carbocycles. The van der Waals surface area contributed by atoms with Crippen LogP contribution in [0.1, 0.15) is 21.5 Å². The summed E-state index contributed by atoms with van der Waals surface area (Å²) in [6, 6.07) is 3.47. The Balaban J connectivity index is 2.33. The lowest BCUT2D eigenvalue weighted by molar-refractivity contribution is -0.386. The number of aromatic nitrogens is 2. The number of aromatic amines is 1. The fourth-order valence-corrected chi connectivity index (χ4v) is 2.57. The number of thiophene rings is 1. The molecule has 0 unspecified atom stereocenters. The number of nitrogens with zero attached hydrogens (tertiary/aromatic N) is 2. The first-order chi connectivity index (χ1) is 9.92. The lowest BCUT2D eigenvalue weighted by Crippen LogP contribution is -2.32. The minimum absolute atomic E-state index is 0.344. The van der Waals surface area contributed by atoms with E-state index in [4.69, 9.17) is 0 Å². The Labute approximate surface area is 121 Å².